The molecule has 1 aliphatic heterocycles. The van der Waals surface area contributed by atoms with E-state index in [9.17, 15) is 18.0 Å². The van der Waals surface area contributed by atoms with Gasteiger partial charge in [0.2, 0.25) is 15.9 Å². The second kappa shape index (κ2) is 10.8. The van der Waals surface area contributed by atoms with Crippen molar-refractivity contribution in [2.24, 2.45) is 5.92 Å². The van der Waals surface area contributed by atoms with Crippen LogP contribution in [0.15, 0.2) is 55.1 Å². The number of aryl methyl sites for hydroxylation is 2. The first kappa shape index (κ1) is 24.7. The minimum absolute atomic E-state index is 0.0464. The molecule has 1 saturated heterocycles. The zero-order chi connectivity index (χ0) is 24.0. The van der Waals surface area contributed by atoms with Crippen molar-refractivity contribution in [2.75, 3.05) is 25.0 Å². The predicted octanol–water partition coefficient (Wildman–Crippen LogP) is 3.40. The average Bonchev–Trinajstić information content (AvgIpc) is 2.78. The predicted molar refractivity (Wildman–Crippen MR) is 130 cm³/mol. The van der Waals surface area contributed by atoms with Crippen molar-refractivity contribution in [3.8, 4) is 0 Å². The van der Waals surface area contributed by atoms with Crippen LogP contribution >= 0.6 is 0 Å². The molecule has 1 fully saturated rings. The van der Waals surface area contributed by atoms with Gasteiger partial charge in [-0.2, -0.15) is 0 Å². The highest BCUT2D eigenvalue weighted by Gasteiger charge is 2.29. The van der Waals surface area contributed by atoms with E-state index >= 15 is 0 Å². The quantitative estimate of drug-likeness (QED) is 0.579. The Morgan fingerprint density at radius 3 is 2.42 bits per heavy atom. The largest absolute Gasteiger partial charge is 0.338 e. The number of nitrogens with one attached hydrogen (secondary N) is 2. The number of nitrogens with zero attached hydrogens (tertiary/aromatic N) is 1. The molecule has 2 N–H and O–H groups in total. The lowest BCUT2D eigenvalue weighted by atomic mass is 9.96. The van der Waals surface area contributed by atoms with Gasteiger partial charge >= 0.3 is 0 Å². The van der Waals surface area contributed by atoms with Crippen LogP contribution in [-0.2, 0) is 20.6 Å². The number of carbonyl (C=O) groups is 2. The molecule has 8 heteroatoms. The molecule has 1 heterocycles. The highest BCUT2D eigenvalue weighted by molar-refractivity contribution is 7.88. The number of piperidine rings is 1. The molecular weight excluding hydrogens is 438 g/mol. The molecule has 0 saturated carbocycles. The maximum absolute atomic E-state index is 13.0. The fourth-order valence-electron chi connectivity index (χ4n) is 4.04. The molecule has 7 nitrogen and oxygen atoms in total. The van der Waals surface area contributed by atoms with Gasteiger partial charge in [-0.25, -0.2) is 13.1 Å². The van der Waals surface area contributed by atoms with E-state index in [4.69, 9.17) is 0 Å². The van der Waals surface area contributed by atoms with E-state index in [0.29, 0.717) is 36.3 Å². The third kappa shape index (κ3) is 7.00. The van der Waals surface area contributed by atoms with Crippen LogP contribution in [0, 0.1) is 19.8 Å². The monoisotopic (exact) mass is 469 g/mol. The molecule has 0 radical (unpaired) electrons. The van der Waals surface area contributed by atoms with Crippen molar-refractivity contribution in [3.63, 3.8) is 0 Å². The highest BCUT2D eigenvalue weighted by atomic mass is 32.2. The van der Waals surface area contributed by atoms with Gasteiger partial charge in [0, 0.05) is 30.9 Å². The maximum atomic E-state index is 13.0. The van der Waals surface area contributed by atoms with E-state index in [1.807, 2.05) is 32.0 Å². The number of rotatable bonds is 8. The van der Waals surface area contributed by atoms with Crippen LogP contribution in [0.5, 0.6) is 0 Å². The molecule has 176 valence electrons. The van der Waals surface area contributed by atoms with Crippen molar-refractivity contribution >= 4 is 27.5 Å². The Kier molecular flexibility index (Phi) is 8.05. The number of carbonyl (C=O) groups excluding carboxylic acids is 2. The number of hydrogen-bond acceptors (Lipinski definition) is 4. The van der Waals surface area contributed by atoms with Crippen LogP contribution in [0.2, 0.25) is 0 Å². The molecule has 1 atom stereocenters. The summed E-state index contributed by atoms with van der Waals surface area (Å²) in [5.41, 5.74) is 3.95. The number of sulfonamides is 1. The van der Waals surface area contributed by atoms with Gasteiger partial charge in [0.15, 0.2) is 0 Å². The summed E-state index contributed by atoms with van der Waals surface area (Å²) in [5, 5.41) is 2.90. The Labute approximate surface area is 195 Å². The van der Waals surface area contributed by atoms with Gasteiger partial charge < -0.3 is 10.2 Å². The molecule has 0 bridgehead atoms. The van der Waals surface area contributed by atoms with E-state index in [2.05, 4.69) is 16.6 Å². The van der Waals surface area contributed by atoms with Gasteiger partial charge in [-0.1, -0.05) is 35.4 Å². The minimum Gasteiger partial charge on any atom is -0.338 e. The van der Waals surface area contributed by atoms with Gasteiger partial charge in [-0.05, 0) is 56.5 Å². The van der Waals surface area contributed by atoms with Crippen LogP contribution < -0.4 is 10.0 Å². The molecule has 2 aromatic rings. The number of likely N-dealkylation sites (tertiary alicyclic amines) is 1. The van der Waals surface area contributed by atoms with Crippen LogP contribution in [0.3, 0.4) is 0 Å². The summed E-state index contributed by atoms with van der Waals surface area (Å²) in [6.45, 7) is 8.63. The van der Waals surface area contributed by atoms with Gasteiger partial charge in [0.05, 0.1) is 11.7 Å². The Morgan fingerprint density at radius 2 is 1.79 bits per heavy atom. The Bertz CT molecular complexity index is 1110. The van der Waals surface area contributed by atoms with Crippen molar-refractivity contribution in [1.29, 1.82) is 0 Å². The lowest BCUT2D eigenvalue weighted by molar-refractivity contribution is -0.121. The lowest BCUT2D eigenvalue weighted by Gasteiger charge is -2.32. The summed E-state index contributed by atoms with van der Waals surface area (Å²) in [7, 11) is -3.44. The molecule has 2 aromatic carbocycles. The molecule has 3 rings (SSSR count). The van der Waals surface area contributed by atoms with Crippen LogP contribution in [0.1, 0.15) is 39.9 Å². The third-order valence-corrected chi connectivity index (χ3v) is 6.89. The van der Waals surface area contributed by atoms with Gasteiger partial charge in [-0.3, -0.25) is 9.59 Å². The maximum Gasteiger partial charge on any atom is 0.253 e. The second-order valence-corrected chi connectivity index (χ2v) is 10.4. The summed E-state index contributed by atoms with van der Waals surface area (Å²) in [5.74, 6) is -0.625. The number of anilines is 1. The third-order valence-electron chi connectivity index (χ3n) is 5.57. The summed E-state index contributed by atoms with van der Waals surface area (Å²) >= 11 is 0. The molecule has 1 aliphatic rings. The Balaban J connectivity index is 1.59. The Hall–Kier alpha value is -2.97. The van der Waals surface area contributed by atoms with Crippen LogP contribution in [0.4, 0.5) is 5.69 Å². The van der Waals surface area contributed by atoms with Crippen molar-refractivity contribution < 1.29 is 18.0 Å². The molecule has 33 heavy (non-hydrogen) atoms. The molecule has 0 spiro atoms. The summed E-state index contributed by atoms with van der Waals surface area (Å²) < 4.78 is 26.4. The van der Waals surface area contributed by atoms with E-state index in [1.165, 1.54) is 6.08 Å². The van der Waals surface area contributed by atoms with E-state index in [1.54, 1.807) is 29.2 Å². The number of benzene rings is 2. The van der Waals surface area contributed by atoms with Gasteiger partial charge in [0.1, 0.15) is 0 Å². The van der Waals surface area contributed by atoms with Gasteiger partial charge in [-0.15, -0.1) is 6.58 Å². The highest BCUT2D eigenvalue weighted by Crippen LogP contribution is 2.22. The van der Waals surface area contributed by atoms with Crippen molar-refractivity contribution in [1.82, 2.24) is 9.62 Å². The molecule has 2 amide bonds. The summed E-state index contributed by atoms with van der Waals surface area (Å²) in [6.07, 6.45) is 2.97. The molecule has 0 aromatic heterocycles. The van der Waals surface area contributed by atoms with Crippen molar-refractivity contribution in [2.45, 2.75) is 32.4 Å². The second-order valence-electron chi connectivity index (χ2n) is 8.55. The van der Waals surface area contributed by atoms with Crippen LogP contribution in [-0.4, -0.2) is 44.8 Å². The molecular formula is C25H31N3O4S. The van der Waals surface area contributed by atoms with E-state index in [0.717, 1.165) is 17.5 Å². The number of amides is 2. The fraction of sp³-hybridized carbons (Fsp3) is 0.360. The topological polar surface area (TPSA) is 95.6 Å². The van der Waals surface area contributed by atoms with Crippen LogP contribution in [0.25, 0.3) is 0 Å². The zero-order valence-corrected chi connectivity index (χ0v) is 20.0. The van der Waals surface area contributed by atoms with E-state index in [-0.39, 0.29) is 30.0 Å². The normalized spacial score (nSPS) is 16.3. The molecule has 0 aliphatic carbocycles. The Morgan fingerprint density at radius 1 is 1.12 bits per heavy atom. The zero-order valence-electron chi connectivity index (χ0n) is 19.1. The first-order valence-corrected chi connectivity index (χ1v) is 12.7. The standard InChI is InChI=1S/C25H31N3O4S/c1-4-11-26-33(31,32)17-20-7-9-23(10-8-20)27-24(29)21-6-5-12-28(16-21)25(30)22-14-18(2)13-19(3)15-22/h4,7-10,13-15,21,26H,1,5-6,11-12,16-17H2,2-3H3,(H,27,29). The average molecular weight is 470 g/mol. The minimum atomic E-state index is -3.44. The smallest absolute Gasteiger partial charge is 0.253 e. The fourth-order valence-corrected chi connectivity index (χ4v) is 5.15. The number of hydrogen-bond donors (Lipinski definition) is 2. The first-order valence-electron chi connectivity index (χ1n) is 11.0. The lowest BCUT2D eigenvalue weighted by Crippen LogP contribution is -2.43. The summed E-state index contributed by atoms with van der Waals surface area (Å²) in [6, 6.07) is 12.5. The molecule has 1 unspecified atom stereocenters. The first-order chi connectivity index (χ1) is 15.7. The SMILES string of the molecule is C=CCNS(=O)(=O)Cc1ccc(NC(=O)C2CCCN(C(=O)c3cc(C)cc(C)c3)C2)cc1. The van der Waals surface area contributed by atoms with Crippen molar-refractivity contribution in [3.05, 3.63) is 77.4 Å². The van der Waals surface area contributed by atoms with E-state index < -0.39 is 10.0 Å². The van der Waals surface area contributed by atoms with Gasteiger partial charge in [0.25, 0.3) is 5.91 Å². The summed E-state index contributed by atoms with van der Waals surface area (Å²) in [4.78, 5) is 27.6.